The summed E-state index contributed by atoms with van der Waals surface area (Å²) in [6.07, 6.45) is 4.43. The second-order valence-electron chi connectivity index (χ2n) is 7.98. The molecule has 29 heavy (non-hydrogen) atoms. The Morgan fingerprint density at radius 1 is 1.17 bits per heavy atom. The van der Waals surface area contributed by atoms with Gasteiger partial charge in [-0.25, -0.2) is 8.42 Å². The first-order valence-corrected chi connectivity index (χ1v) is 12.0. The van der Waals surface area contributed by atoms with Crippen LogP contribution in [0.4, 0.5) is 5.69 Å². The van der Waals surface area contributed by atoms with Crippen molar-refractivity contribution in [3.05, 3.63) is 64.7 Å². The second kappa shape index (κ2) is 8.57. The molecular formula is C23H30N2O3S. The monoisotopic (exact) mass is 414 g/mol. The van der Waals surface area contributed by atoms with Gasteiger partial charge < -0.3 is 5.32 Å². The smallest absolute Gasteiger partial charge is 0.244 e. The minimum atomic E-state index is -3.64. The van der Waals surface area contributed by atoms with Gasteiger partial charge >= 0.3 is 0 Å². The molecule has 1 aliphatic rings. The Bertz CT molecular complexity index is 981. The topological polar surface area (TPSA) is 66.5 Å². The molecule has 0 fully saturated rings. The van der Waals surface area contributed by atoms with E-state index in [-0.39, 0.29) is 11.9 Å². The Morgan fingerprint density at radius 2 is 1.83 bits per heavy atom. The van der Waals surface area contributed by atoms with Crippen molar-refractivity contribution < 1.29 is 13.2 Å². The molecular weight excluding hydrogens is 384 g/mol. The molecule has 0 heterocycles. The van der Waals surface area contributed by atoms with Crippen molar-refractivity contribution in [1.29, 1.82) is 0 Å². The van der Waals surface area contributed by atoms with Crippen LogP contribution in [0.2, 0.25) is 0 Å². The van der Waals surface area contributed by atoms with E-state index in [9.17, 15) is 13.2 Å². The number of carbonyl (C=O) groups excluding carboxylic acids is 1. The highest BCUT2D eigenvalue weighted by Gasteiger charge is 2.33. The van der Waals surface area contributed by atoms with Gasteiger partial charge in [-0.15, -0.1) is 0 Å². The lowest BCUT2D eigenvalue weighted by molar-refractivity contribution is -0.123. The Hall–Kier alpha value is -2.34. The lowest BCUT2D eigenvalue weighted by Crippen LogP contribution is -2.50. The fourth-order valence-corrected chi connectivity index (χ4v) is 5.51. The van der Waals surface area contributed by atoms with Gasteiger partial charge in [0.05, 0.1) is 18.0 Å². The molecule has 2 aromatic rings. The van der Waals surface area contributed by atoms with Gasteiger partial charge in [0, 0.05) is 0 Å². The number of nitrogens with zero attached hydrogens (tertiary/aromatic N) is 1. The van der Waals surface area contributed by atoms with E-state index >= 15 is 0 Å². The minimum absolute atomic E-state index is 0.0813. The standard InChI is InChI=1S/C23H30N2O3S/c1-5-22(25(29(4,27)28)19-14-16(2)13-17(3)15-19)23(26)24-21-12-8-10-18-9-6-7-11-20(18)21/h6-7,9,11,13-15,21-22H,5,8,10,12H2,1-4H3,(H,24,26)/t21-,22+/m1/s1. The summed E-state index contributed by atoms with van der Waals surface area (Å²) < 4.78 is 26.7. The van der Waals surface area contributed by atoms with Gasteiger partial charge in [0.2, 0.25) is 15.9 Å². The van der Waals surface area contributed by atoms with Crippen molar-refractivity contribution in [2.45, 2.75) is 58.5 Å². The number of carbonyl (C=O) groups is 1. The summed E-state index contributed by atoms with van der Waals surface area (Å²) >= 11 is 0. The van der Waals surface area contributed by atoms with Crippen molar-refractivity contribution in [3.63, 3.8) is 0 Å². The first kappa shape index (κ1) is 21.4. The van der Waals surface area contributed by atoms with Crippen LogP contribution in [0.1, 0.15) is 54.5 Å². The highest BCUT2D eigenvalue weighted by Crippen LogP contribution is 2.30. The lowest BCUT2D eigenvalue weighted by Gasteiger charge is -2.33. The first-order valence-electron chi connectivity index (χ1n) is 10.2. The molecule has 2 aromatic carbocycles. The average molecular weight is 415 g/mol. The molecule has 2 atom stereocenters. The van der Waals surface area contributed by atoms with E-state index in [0.29, 0.717) is 12.1 Å². The maximum atomic E-state index is 13.3. The number of hydrogen-bond acceptors (Lipinski definition) is 3. The van der Waals surface area contributed by atoms with Gasteiger partial charge in [-0.2, -0.15) is 0 Å². The molecule has 0 saturated carbocycles. The van der Waals surface area contributed by atoms with Gasteiger partial charge in [-0.1, -0.05) is 37.3 Å². The first-order chi connectivity index (χ1) is 13.7. The van der Waals surface area contributed by atoms with E-state index in [1.165, 1.54) is 9.87 Å². The Morgan fingerprint density at radius 3 is 2.45 bits per heavy atom. The number of anilines is 1. The van der Waals surface area contributed by atoms with E-state index in [2.05, 4.69) is 17.4 Å². The fourth-order valence-electron chi connectivity index (χ4n) is 4.31. The number of nitrogens with one attached hydrogen (secondary N) is 1. The second-order valence-corrected chi connectivity index (χ2v) is 9.84. The third-order valence-corrected chi connectivity index (χ3v) is 6.66. The molecule has 0 saturated heterocycles. The van der Waals surface area contributed by atoms with Gasteiger partial charge in [0.25, 0.3) is 0 Å². The van der Waals surface area contributed by atoms with Crippen LogP contribution in [0.15, 0.2) is 42.5 Å². The molecule has 0 bridgehead atoms. The van der Waals surface area contributed by atoms with Gasteiger partial charge in [0.15, 0.2) is 0 Å². The fraction of sp³-hybridized carbons (Fsp3) is 0.435. The summed E-state index contributed by atoms with van der Waals surface area (Å²) in [7, 11) is -3.64. The summed E-state index contributed by atoms with van der Waals surface area (Å²) in [6, 6.07) is 12.9. The van der Waals surface area contributed by atoms with Crippen LogP contribution in [-0.2, 0) is 21.2 Å². The quantitative estimate of drug-likeness (QED) is 0.776. The number of aryl methyl sites for hydroxylation is 3. The van der Waals surface area contributed by atoms with E-state index in [1.807, 2.05) is 51.1 Å². The zero-order valence-corrected chi connectivity index (χ0v) is 18.4. The predicted molar refractivity (Wildman–Crippen MR) is 118 cm³/mol. The summed E-state index contributed by atoms with van der Waals surface area (Å²) in [4.78, 5) is 13.3. The predicted octanol–water partition coefficient (Wildman–Crippen LogP) is 4.04. The van der Waals surface area contributed by atoms with Crippen LogP contribution in [0.5, 0.6) is 0 Å². The van der Waals surface area contributed by atoms with Crippen LogP contribution >= 0.6 is 0 Å². The van der Waals surface area contributed by atoms with Crippen LogP contribution < -0.4 is 9.62 Å². The number of hydrogen-bond donors (Lipinski definition) is 1. The highest BCUT2D eigenvalue weighted by atomic mass is 32.2. The number of sulfonamides is 1. The van der Waals surface area contributed by atoms with Crippen LogP contribution in [0.3, 0.4) is 0 Å². The minimum Gasteiger partial charge on any atom is -0.347 e. The molecule has 0 aromatic heterocycles. The van der Waals surface area contributed by atoms with Crippen LogP contribution in [0.25, 0.3) is 0 Å². The zero-order chi connectivity index (χ0) is 21.2. The van der Waals surface area contributed by atoms with Crippen molar-refractivity contribution in [2.24, 2.45) is 0 Å². The largest absolute Gasteiger partial charge is 0.347 e. The maximum Gasteiger partial charge on any atom is 0.244 e. The summed E-state index contributed by atoms with van der Waals surface area (Å²) in [5.41, 5.74) is 4.86. The summed E-state index contributed by atoms with van der Waals surface area (Å²) in [5.74, 6) is -0.251. The maximum absolute atomic E-state index is 13.3. The normalized spacial score (nSPS) is 17.3. The van der Waals surface area contributed by atoms with Crippen molar-refractivity contribution in [3.8, 4) is 0 Å². The third-order valence-electron chi connectivity index (χ3n) is 5.48. The number of rotatable bonds is 6. The molecule has 156 valence electrons. The van der Waals surface area contributed by atoms with Gasteiger partial charge in [0.1, 0.15) is 6.04 Å². The van der Waals surface area contributed by atoms with E-state index in [1.54, 1.807) is 0 Å². The molecule has 0 aliphatic heterocycles. The average Bonchev–Trinajstić information content (AvgIpc) is 2.64. The number of fused-ring (bicyclic) bond motifs is 1. The van der Waals surface area contributed by atoms with Crippen molar-refractivity contribution >= 4 is 21.6 Å². The molecule has 6 heteroatoms. The Balaban J connectivity index is 1.92. The molecule has 0 unspecified atom stereocenters. The molecule has 0 spiro atoms. The van der Waals surface area contributed by atoms with Crippen molar-refractivity contribution in [1.82, 2.24) is 5.32 Å². The molecule has 0 radical (unpaired) electrons. The highest BCUT2D eigenvalue weighted by molar-refractivity contribution is 7.92. The van der Waals surface area contributed by atoms with Crippen molar-refractivity contribution in [2.75, 3.05) is 10.6 Å². The van der Waals surface area contributed by atoms with Crippen LogP contribution in [-0.4, -0.2) is 26.6 Å². The van der Waals surface area contributed by atoms with E-state index in [4.69, 9.17) is 0 Å². The number of benzene rings is 2. The molecule has 1 N–H and O–H groups in total. The summed E-state index contributed by atoms with van der Waals surface area (Å²) in [5, 5.41) is 3.13. The number of amides is 1. The van der Waals surface area contributed by atoms with E-state index < -0.39 is 16.1 Å². The third kappa shape index (κ3) is 4.81. The van der Waals surface area contributed by atoms with Gasteiger partial charge in [-0.3, -0.25) is 9.10 Å². The molecule has 1 aliphatic carbocycles. The molecule has 3 rings (SSSR count). The van der Waals surface area contributed by atoms with Crippen LogP contribution in [0, 0.1) is 13.8 Å². The van der Waals surface area contributed by atoms with E-state index in [0.717, 1.165) is 42.2 Å². The Kier molecular flexibility index (Phi) is 6.32. The zero-order valence-electron chi connectivity index (χ0n) is 17.6. The molecule has 5 nitrogen and oxygen atoms in total. The lowest BCUT2D eigenvalue weighted by atomic mass is 9.87. The van der Waals surface area contributed by atoms with Gasteiger partial charge in [-0.05, 0) is 73.9 Å². The summed E-state index contributed by atoms with van der Waals surface area (Å²) in [6.45, 7) is 5.70. The Labute approximate surface area is 174 Å². The molecule has 1 amide bonds. The SMILES string of the molecule is CC[C@@H](C(=O)N[C@@H]1CCCc2ccccc21)N(c1cc(C)cc(C)c1)S(C)(=O)=O.